The maximum absolute atomic E-state index is 13.9. The molecule has 1 aliphatic heterocycles. The highest BCUT2D eigenvalue weighted by Gasteiger charge is 2.27. The van der Waals surface area contributed by atoms with Gasteiger partial charge in [-0.3, -0.25) is 4.79 Å². The molecule has 0 saturated heterocycles. The number of methoxy groups -OCH3 is 1. The third-order valence-corrected chi connectivity index (χ3v) is 6.82. The van der Waals surface area contributed by atoms with Crippen molar-refractivity contribution >= 4 is 11.6 Å². The number of anilines is 1. The minimum Gasteiger partial charge on any atom is -0.497 e. The Balaban J connectivity index is 1.52. The first kappa shape index (κ1) is 24.4. The van der Waals surface area contributed by atoms with Crippen LogP contribution in [0.5, 0.6) is 11.5 Å². The molecule has 5 heteroatoms. The zero-order chi connectivity index (χ0) is 25.5. The number of carbonyl (C=O) groups excluding carboxylic acids is 1. The SMILES string of the molecule is COc1ccc(CC(=O)N2Cc3ccccc3NCc3ccccc3OC[C@@H]2Cc2ccccc2)cc1. The number of nitrogens with one attached hydrogen (secondary N) is 1. The first-order valence-corrected chi connectivity index (χ1v) is 12.7. The van der Waals surface area contributed by atoms with Crippen molar-refractivity contribution in [2.24, 2.45) is 0 Å². The van der Waals surface area contributed by atoms with Crippen LogP contribution in [-0.4, -0.2) is 30.6 Å². The number of hydrogen-bond donors (Lipinski definition) is 1. The number of benzene rings is 4. The highest BCUT2D eigenvalue weighted by molar-refractivity contribution is 5.79. The van der Waals surface area contributed by atoms with E-state index in [0.717, 1.165) is 33.9 Å². The van der Waals surface area contributed by atoms with Crippen LogP contribution in [0.1, 0.15) is 22.3 Å². The Morgan fingerprint density at radius 2 is 1.57 bits per heavy atom. The van der Waals surface area contributed by atoms with E-state index in [1.54, 1.807) is 7.11 Å². The molecule has 5 nitrogen and oxygen atoms in total. The van der Waals surface area contributed by atoms with Gasteiger partial charge in [0.05, 0.1) is 19.6 Å². The van der Waals surface area contributed by atoms with Crippen LogP contribution in [0.25, 0.3) is 0 Å². The van der Waals surface area contributed by atoms with Gasteiger partial charge in [0.25, 0.3) is 0 Å². The van der Waals surface area contributed by atoms with E-state index in [2.05, 4.69) is 35.6 Å². The van der Waals surface area contributed by atoms with Crippen molar-refractivity contribution in [3.63, 3.8) is 0 Å². The molecule has 188 valence electrons. The summed E-state index contributed by atoms with van der Waals surface area (Å²) in [5.41, 5.74) is 5.33. The lowest BCUT2D eigenvalue weighted by Crippen LogP contribution is -2.45. The zero-order valence-corrected chi connectivity index (χ0v) is 21.1. The summed E-state index contributed by atoms with van der Waals surface area (Å²) in [4.78, 5) is 15.9. The molecular formula is C32H32N2O3. The maximum atomic E-state index is 13.9. The Kier molecular flexibility index (Phi) is 7.70. The molecule has 0 spiro atoms. The molecule has 5 rings (SSSR count). The van der Waals surface area contributed by atoms with Crippen molar-refractivity contribution in [2.45, 2.75) is 32.0 Å². The minimum absolute atomic E-state index is 0.0667. The Labute approximate surface area is 218 Å². The largest absolute Gasteiger partial charge is 0.497 e. The molecule has 1 atom stereocenters. The second kappa shape index (κ2) is 11.7. The molecule has 0 fully saturated rings. The lowest BCUT2D eigenvalue weighted by atomic mass is 10.0. The van der Waals surface area contributed by atoms with Crippen LogP contribution in [0.3, 0.4) is 0 Å². The van der Waals surface area contributed by atoms with Crippen molar-refractivity contribution < 1.29 is 14.3 Å². The number of hydrogen-bond acceptors (Lipinski definition) is 4. The van der Waals surface area contributed by atoms with Crippen LogP contribution >= 0.6 is 0 Å². The number of ether oxygens (including phenoxy) is 2. The van der Waals surface area contributed by atoms with Crippen molar-refractivity contribution in [2.75, 3.05) is 19.0 Å². The third-order valence-electron chi connectivity index (χ3n) is 6.82. The van der Waals surface area contributed by atoms with Gasteiger partial charge in [-0.1, -0.05) is 78.9 Å². The van der Waals surface area contributed by atoms with Crippen molar-refractivity contribution in [1.82, 2.24) is 4.90 Å². The maximum Gasteiger partial charge on any atom is 0.227 e. The fraction of sp³-hybridized carbons (Fsp3) is 0.219. The van der Waals surface area contributed by atoms with Crippen LogP contribution in [0.2, 0.25) is 0 Å². The van der Waals surface area contributed by atoms with E-state index in [1.807, 2.05) is 77.7 Å². The van der Waals surface area contributed by atoms with Crippen molar-refractivity contribution in [1.29, 1.82) is 0 Å². The molecule has 1 N–H and O–H groups in total. The lowest BCUT2D eigenvalue weighted by molar-refractivity contribution is -0.134. The lowest BCUT2D eigenvalue weighted by Gasteiger charge is -2.33. The van der Waals surface area contributed by atoms with Crippen molar-refractivity contribution in [3.8, 4) is 11.5 Å². The quantitative estimate of drug-likeness (QED) is 0.378. The third kappa shape index (κ3) is 6.12. The van der Waals surface area contributed by atoms with Gasteiger partial charge in [-0.05, 0) is 47.4 Å². The van der Waals surface area contributed by atoms with E-state index < -0.39 is 0 Å². The Bertz CT molecular complexity index is 1320. The van der Waals surface area contributed by atoms with Crippen molar-refractivity contribution in [3.05, 3.63) is 125 Å². The number of amides is 1. The normalized spacial score (nSPS) is 15.3. The molecule has 0 aliphatic carbocycles. The molecule has 0 saturated carbocycles. The van der Waals surface area contributed by atoms with Gasteiger partial charge in [0.15, 0.2) is 0 Å². The summed E-state index contributed by atoms with van der Waals surface area (Å²) in [5, 5.41) is 3.57. The Hall–Kier alpha value is -4.25. The van der Waals surface area contributed by atoms with Gasteiger partial charge in [-0.25, -0.2) is 0 Å². The molecule has 0 unspecified atom stereocenters. The monoisotopic (exact) mass is 492 g/mol. The molecule has 37 heavy (non-hydrogen) atoms. The molecular weight excluding hydrogens is 460 g/mol. The fourth-order valence-corrected chi connectivity index (χ4v) is 4.77. The summed E-state index contributed by atoms with van der Waals surface area (Å²) in [6, 6.07) is 34.2. The second-order valence-electron chi connectivity index (χ2n) is 9.32. The van der Waals surface area contributed by atoms with Gasteiger partial charge in [-0.2, -0.15) is 0 Å². The van der Waals surface area contributed by atoms with Gasteiger partial charge in [0.2, 0.25) is 5.91 Å². The second-order valence-corrected chi connectivity index (χ2v) is 9.32. The summed E-state index contributed by atoms with van der Waals surface area (Å²) in [6.45, 7) is 1.55. The van der Waals surface area contributed by atoms with Gasteiger partial charge >= 0.3 is 0 Å². The molecule has 0 radical (unpaired) electrons. The average molecular weight is 493 g/mol. The number of fused-ring (bicyclic) bond motifs is 2. The molecule has 1 aliphatic rings. The van der Waals surface area contributed by atoms with E-state index in [0.29, 0.717) is 32.5 Å². The summed E-state index contributed by atoms with van der Waals surface area (Å²) in [5.74, 6) is 1.69. The first-order valence-electron chi connectivity index (χ1n) is 12.7. The standard InChI is InChI=1S/C32H32N2O3/c1-36-29-17-15-25(16-18-29)20-32(35)34-22-27-12-5-7-13-30(27)33-21-26-11-6-8-14-31(26)37-23-28(34)19-24-9-3-2-4-10-24/h2-18,28,33H,19-23H2,1H3/t28-/m0/s1. The van der Waals surface area contributed by atoms with Crippen LogP contribution in [-0.2, 0) is 30.7 Å². The van der Waals surface area contributed by atoms with E-state index in [9.17, 15) is 4.79 Å². The predicted octanol–water partition coefficient (Wildman–Crippen LogP) is 5.88. The van der Waals surface area contributed by atoms with Crippen LogP contribution < -0.4 is 14.8 Å². The minimum atomic E-state index is -0.146. The van der Waals surface area contributed by atoms with Gasteiger partial charge in [0.1, 0.15) is 18.1 Å². The average Bonchev–Trinajstić information content (AvgIpc) is 2.97. The summed E-state index contributed by atoms with van der Waals surface area (Å²) >= 11 is 0. The van der Waals surface area contributed by atoms with E-state index in [-0.39, 0.29) is 11.9 Å². The molecule has 0 aromatic heterocycles. The topological polar surface area (TPSA) is 50.8 Å². The Morgan fingerprint density at radius 1 is 0.865 bits per heavy atom. The smallest absolute Gasteiger partial charge is 0.227 e. The van der Waals surface area contributed by atoms with E-state index in [1.165, 1.54) is 5.56 Å². The number of rotatable bonds is 5. The molecule has 1 heterocycles. The highest BCUT2D eigenvalue weighted by atomic mass is 16.5. The summed E-state index contributed by atoms with van der Waals surface area (Å²) in [6.07, 6.45) is 1.01. The van der Waals surface area contributed by atoms with Gasteiger partial charge < -0.3 is 19.7 Å². The fourth-order valence-electron chi connectivity index (χ4n) is 4.77. The molecule has 4 aromatic carbocycles. The highest BCUT2D eigenvalue weighted by Crippen LogP contribution is 2.26. The number of para-hydroxylation sites is 2. The molecule has 1 amide bonds. The number of carbonyl (C=O) groups is 1. The summed E-state index contributed by atoms with van der Waals surface area (Å²) in [7, 11) is 1.65. The molecule has 0 bridgehead atoms. The van der Waals surface area contributed by atoms with Crippen LogP contribution in [0.15, 0.2) is 103 Å². The van der Waals surface area contributed by atoms with E-state index >= 15 is 0 Å². The summed E-state index contributed by atoms with van der Waals surface area (Å²) < 4.78 is 11.7. The zero-order valence-electron chi connectivity index (χ0n) is 21.1. The predicted molar refractivity (Wildman–Crippen MR) is 147 cm³/mol. The van der Waals surface area contributed by atoms with Crippen LogP contribution in [0, 0.1) is 0 Å². The van der Waals surface area contributed by atoms with Gasteiger partial charge in [-0.15, -0.1) is 0 Å². The molecule has 4 aromatic rings. The Morgan fingerprint density at radius 3 is 2.35 bits per heavy atom. The van der Waals surface area contributed by atoms with E-state index in [4.69, 9.17) is 9.47 Å². The van der Waals surface area contributed by atoms with Crippen LogP contribution in [0.4, 0.5) is 5.69 Å². The van der Waals surface area contributed by atoms with Gasteiger partial charge in [0, 0.05) is 24.3 Å². The number of nitrogens with zero attached hydrogens (tertiary/aromatic N) is 1. The first-order chi connectivity index (χ1) is 18.2.